The Balaban J connectivity index is 2.19. The van der Waals surface area contributed by atoms with Gasteiger partial charge in [-0.2, -0.15) is 0 Å². The average Bonchev–Trinajstić information content (AvgIpc) is 2.41. The van der Waals surface area contributed by atoms with Crippen LogP contribution in [-0.2, 0) is 0 Å². The van der Waals surface area contributed by atoms with Crippen molar-refractivity contribution in [3.8, 4) is 0 Å². The maximum absolute atomic E-state index is 13.6. The maximum atomic E-state index is 13.6. The molecule has 1 N–H and O–H groups in total. The van der Waals surface area contributed by atoms with Crippen molar-refractivity contribution in [3.05, 3.63) is 64.4 Å². The lowest BCUT2D eigenvalue weighted by Crippen LogP contribution is -2.27. The number of carbonyl (C=O) groups is 1. The van der Waals surface area contributed by atoms with E-state index in [-0.39, 0.29) is 16.1 Å². The van der Waals surface area contributed by atoms with Crippen LogP contribution in [0.2, 0.25) is 5.02 Å². The molecule has 20 heavy (non-hydrogen) atoms. The van der Waals surface area contributed by atoms with Crippen LogP contribution in [0.1, 0.15) is 28.9 Å². The fourth-order valence-corrected chi connectivity index (χ4v) is 1.96. The Morgan fingerprint density at radius 1 is 1.35 bits per heavy atom. The molecule has 1 heterocycles. The van der Waals surface area contributed by atoms with Gasteiger partial charge in [0.1, 0.15) is 11.6 Å². The maximum Gasteiger partial charge on any atom is 0.253 e. The number of nitrogens with zero attached hydrogens (tertiary/aromatic N) is 1. The predicted octanol–water partition coefficient (Wildman–Crippen LogP) is 3.50. The summed E-state index contributed by atoms with van der Waals surface area (Å²) in [5.74, 6) is -1.63. The van der Waals surface area contributed by atoms with E-state index in [0.717, 1.165) is 18.2 Å². The van der Waals surface area contributed by atoms with E-state index in [2.05, 4.69) is 10.3 Å². The topological polar surface area (TPSA) is 42.0 Å². The molecule has 2 aromatic rings. The minimum Gasteiger partial charge on any atom is -0.345 e. The van der Waals surface area contributed by atoms with Crippen LogP contribution in [0.15, 0.2) is 36.7 Å². The third-order valence-electron chi connectivity index (χ3n) is 2.79. The summed E-state index contributed by atoms with van der Waals surface area (Å²) in [4.78, 5) is 15.8. The lowest BCUT2D eigenvalue weighted by atomic mass is 10.1. The highest BCUT2D eigenvalue weighted by Gasteiger charge is 2.17. The molecule has 0 saturated carbocycles. The number of carbonyl (C=O) groups excluding carboxylic acids is 1. The molecule has 0 aliphatic rings. The summed E-state index contributed by atoms with van der Waals surface area (Å²) < 4.78 is 26.7. The number of aromatic nitrogens is 1. The Labute approximate surface area is 119 Å². The van der Waals surface area contributed by atoms with Crippen molar-refractivity contribution >= 4 is 17.5 Å². The molecular formula is C14H11ClF2N2O. The van der Waals surface area contributed by atoms with E-state index in [4.69, 9.17) is 11.6 Å². The SMILES string of the molecule is CC(NC(=O)c1ccncc1Cl)c1cc(F)ccc1F. The van der Waals surface area contributed by atoms with Crippen molar-refractivity contribution in [1.82, 2.24) is 10.3 Å². The van der Waals surface area contributed by atoms with E-state index >= 15 is 0 Å². The van der Waals surface area contributed by atoms with Gasteiger partial charge in [0.25, 0.3) is 5.91 Å². The van der Waals surface area contributed by atoms with Gasteiger partial charge in [-0.15, -0.1) is 0 Å². The standard InChI is InChI=1S/C14H11ClF2N2O/c1-8(11-6-9(16)2-3-13(11)17)19-14(20)10-4-5-18-7-12(10)15/h2-8H,1H3,(H,19,20). The van der Waals surface area contributed by atoms with Crippen LogP contribution in [-0.4, -0.2) is 10.9 Å². The zero-order chi connectivity index (χ0) is 14.7. The predicted molar refractivity (Wildman–Crippen MR) is 71.5 cm³/mol. The van der Waals surface area contributed by atoms with E-state index < -0.39 is 23.6 Å². The minimum atomic E-state index is -0.692. The van der Waals surface area contributed by atoms with Crippen LogP contribution >= 0.6 is 11.6 Å². The lowest BCUT2D eigenvalue weighted by Gasteiger charge is -2.15. The molecular weight excluding hydrogens is 286 g/mol. The van der Waals surface area contributed by atoms with Gasteiger partial charge in [0.05, 0.1) is 16.6 Å². The smallest absolute Gasteiger partial charge is 0.253 e. The van der Waals surface area contributed by atoms with Crippen molar-refractivity contribution in [1.29, 1.82) is 0 Å². The van der Waals surface area contributed by atoms with E-state index in [0.29, 0.717) is 0 Å². The Morgan fingerprint density at radius 3 is 2.80 bits per heavy atom. The van der Waals surface area contributed by atoms with Gasteiger partial charge in [-0.05, 0) is 31.2 Å². The summed E-state index contributed by atoms with van der Waals surface area (Å²) in [5.41, 5.74) is 0.300. The Kier molecular flexibility index (Phi) is 4.29. The second-order valence-corrected chi connectivity index (χ2v) is 4.62. The summed E-state index contributed by atoms with van der Waals surface area (Å²) in [6.07, 6.45) is 2.76. The molecule has 3 nitrogen and oxygen atoms in total. The zero-order valence-corrected chi connectivity index (χ0v) is 11.3. The van der Waals surface area contributed by atoms with Gasteiger partial charge < -0.3 is 5.32 Å². The second-order valence-electron chi connectivity index (χ2n) is 4.22. The number of pyridine rings is 1. The zero-order valence-electron chi connectivity index (χ0n) is 10.5. The Morgan fingerprint density at radius 2 is 2.10 bits per heavy atom. The quantitative estimate of drug-likeness (QED) is 0.942. The molecule has 0 spiro atoms. The fourth-order valence-electron chi connectivity index (χ4n) is 1.76. The molecule has 1 aromatic heterocycles. The van der Waals surface area contributed by atoms with Crippen molar-refractivity contribution in [2.75, 3.05) is 0 Å². The van der Waals surface area contributed by atoms with Crippen LogP contribution in [0, 0.1) is 11.6 Å². The molecule has 104 valence electrons. The number of rotatable bonds is 3. The Hall–Kier alpha value is -2.01. The lowest BCUT2D eigenvalue weighted by molar-refractivity contribution is 0.0939. The first kappa shape index (κ1) is 14.4. The highest BCUT2D eigenvalue weighted by Crippen LogP contribution is 2.20. The molecule has 0 radical (unpaired) electrons. The number of hydrogen-bond acceptors (Lipinski definition) is 2. The molecule has 1 aromatic carbocycles. The molecule has 2 rings (SSSR count). The molecule has 1 amide bonds. The van der Waals surface area contributed by atoms with Crippen molar-refractivity contribution in [2.45, 2.75) is 13.0 Å². The largest absolute Gasteiger partial charge is 0.345 e. The molecule has 1 unspecified atom stereocenters. The Bertz CT molecular complexity index is 649. The van der Waals surface area contributed by atoms with Gasteiger partial charge in [-0.25, -0.2) is 8.78 Å². The van der Waals surface area contributed by atoms with Crippen LogP contribution < -0.4 is 5.32 Å². The normalized spacial score (nSPS) is 12.0. The van der Waals surface area contributed by atoms with E-state index in [1.165, 1.54) is 18.5 Å². The van der Waals surface area contributed by atoms with Crippen LogP contribution in [0.25, 0.3) is 0 Å². The molecule has 0 bridgehead atoms. The minimum absolute atomic E-state index is 0.0727. The summed E-state index contributed by atoms with van der Waals surface area (Å²) in [6, 6.07) is 3.85. The van der Waals surface area contributed by atoms with E-state index in [1.54, 1.807) is 6.92 Å². The number of nitrogens with one attached hydrogen (secondary N) is 1. The van der Waals surface area contributed by atoms with Crippen LogP contribution in [0.4, 0.5) is 8.78 Å². The van der Waals surface area contributed by atoms with Crippen molar-refractivity contribution in [3.63, 3.8) is 0 Å². The van der Waals surface area contributed by atoms with Gasteiger partial charge in [-0.1, -0.05) is 11.6 Å². The number of halogens is 3. The van der Waals surface area contributed by atoms with Crippen LogP contribution in [0.3, 0.4) is 0 Å². The van der Waals surface area contributed by atoms with Gasteiger partial charge in [0.2, 0.25) is 0 Å². The molecule has 1 atom stereocenters. The highest BCUT2D eigenvalue weighted by molar-refractivity contribution is 6.33. The first-order valence-corrected chi connectivity index (χ1v) is 6.22. The number of benzene rings is 1. The van der Waals surface area contributed by atoms with E-state index in [9.17, 15) is 13.6 Å². The molecule has 6 heteroatoms. The first-order valence-electron chi connectivity index (χ1n) is 5.84. The van der Waals surface area contributed by atoms with Gasteiger partial charge in [0, 0.05) is 18.0 Å². The summed E-state index contributed by atoms with van der Waals surface area (Å²) >= 11 is 5.85. The number of amides is 1. The molecule has 0 fully saturated rings. The van der Waals surface area contributed by atoms with Crippen molar-refractivity contribution in [2.24, 2.45) is 0 Å². The van der Waals surface area contributed by atoms with Gasteiger partial charge in [-0.3, -0.25) is 9.78 Å². The summed E-state index contributed by atoms with van der Waals surface area (Å²) in [5, 5.41) is 2.76. The monoisotopic (exact) mass is 296 g/mol. The fraction of sp³-hybridized carbons (Fsp3) is 0.143. The molecule has 0 aliphatic carbocycles. The third kappa shape index (κ3) is 3.11. The van der Waals surface area contributed by atoms with Crippen molar-refractivity contribution < 1.29 is 13.6 Å². The van der Waals surface area contributed by atoms with Gasteiger partial charge in [0.15, 0.2) is 0 Å². The third-order valence-corrected chi connectivity index (χ3v) is 3.09. The molecule has 0 saturated heterocycles. The first-order chi connectivity index (χ1) is 9.49. The van der Waals surface area contributed by atoms with E-state index in [1.807, 2.05) is 0 Å². The summed E-state index contributed by atoms with van der Waals surface area (Å²) in [7, 11) is 0. The summed E-state index contributed by atoms with van der Waals surface area (Å²) in [6.45, 7) is 1.56. The molecule has 0 aliphatic heterocycles. The van der Waals surface area contributed by atoms with Crippen LogP contribution in [0.5, 0.6) is 0 Å². The average molecular weight is 297 g/mol. The highest BCUT2D eigenvalue weighted by atomic mass is 35.5. The van der Waals surface area contributed by atoms with Gasteiger partial charge >= 0.3 is 0 Å². The second kappa shape index (κ2) is 5.96. The number of hydrogen-bond donors (Lipinski definition) is 1.